The largest absolute Gasteiger partial charge is 0.486 e. The number of nitrogens with zero attached hydrogens (tertiary/aromatic N) is 2. The lowest BCUT2D eigenvalue weighted by Gasteiger charge is -2.34. The van der Waals surface area contributed by atoms with E-state index in [0.717, 1.165) is 16.7 Å². The fourth-order valence-corrected chi connectivity index (χ4v) is 7.19. The Hall–Kier alpha value is -2.88. The number of amides is 1. The zero-order valence-corrected chi connectivity index (χ0v) is 22.1. The third-order valence-electron chi connectivity index (χ3n) is 8.01. The second-order valence-corrected chi connectivity index (χ2v) is 12.6. The second kappa shape index (κ2) is 9.15. The van der Waals surface area contributed by atoms with E-state index in [4.69, 9.17) is 9.47 Å². The molecule has 2 aromatic rings. The number of hydrogen-bond donors (Lipinski definition) is 1. The van der Waals surface area contributed by atoms with Crippen molar-refractivity contribution < 1.29 is 22.7 Å². The van der Waals surface area contributed by atoms with Crippen molar-refractivity contribution in [2.75, 3.05) is 53.0 Å². The Labute approximate surface area is 218 Å². The van der Waals surface area contributed by atoms with E-state index < -0.39 is 15.4 Å². The van der Waals surface area contributed by atoms with Crippen LogP contribution in [0, 0.1) is 0 Å². The summed E-state index contributed by atoms with van der Waals surface area (Å²) in [5.41, 5.74) is 3.69. The van der Waals surface area contributed by atoms with Gasteiger partial charge < -0.3 is 19.7 Å². The summed E-state index contributed by atoms with van der Waals surface area (Å²) in [6, 6.07) is 13.2. The maximum atomic E-state index is 13.9. The molecular formula is C28H33N3O5S. The van der Waals surface area contributed by atoms with Crippen molar-refractivity contribution >= 4 is 15.9 Å². The van der Waals surface area contributed by atoms with Crippen LogP contribution in [-0.4, -0.2) is 76.5 Å². The minimum Gasteiger partial charge on any atom is -0.486 e. The summed E-state index contributed by atoms with van der Waals surface area (Å²) in [5, 5.41) is 3.22. The summed E-state index contributed by atoms with van der Waals surface area (Å²) in [5.74, 6) is 1.71. The minimum absolute atomic E-state index is 0.0745. The van der Waals surface area contributed by atoms with Gasteiger partial charge in [0.1, 0.15) is 13.2 Å². The maximum absolute atomic E-state index is 13.9. The molecule has 196 valence electrons. The molecule has 0 bridgehead atoms. The summed E-state index contributed by atoms with van der Waals surface area (Å²) in [4.78, 5) is 16.0. The Balaban J connectivity index is 1.17. The molecule has 1 aliphatic carbocycles. The smallest absolute Gasteiger partial charge is 0.243 e. The van der Waals surface area contributed by atoms with Gasteiger partial charge in [-0.2, -0.15) is 4.31 Å². The lowest BCUT2D eigenvalue weighted by atomic mass is 9.80. The average Bonchev–Trinajstić information content (AvgIpc) is 3.57. The van der Waals surface area contributed by atoms with Gasteiger partial charge in [-0.05, 0) is 67.1 Å². The lowest BCUT2D eigenvalue weighted by molar-refractivity contribution is -0.135. The van der Waals surface area contributed by atoms with Crippen molar-refractivity contribution in [2.24, 2.45) is 0 Å². The van der Waals surface area contributed by atoms with Crippen LogP contribution in [0.5, 0.6) is 11.5 Å². The number of ether oxygens (including phenoxy) is 2. The topological polar surface area (TPSA) is 88.2 Å². The summed E-state index contributed by atoms with van der Waals surface area (Å²) >= 11 is 0. The number of benzene rings is 2. The van der Waals surface area contributed by atoms with Crippen LogP contribution in [0.3, 0.4) is 0 Å². The molecule has 3 aliphatic heterocycles. The Morgan fingerprint density at radius 3 is 2.38 bits per heavy atom. The summed E-state index contributed by atoms with van der Waals surface area (Å²) in [6.45, 7) is 4.93. The van der Waals surface area contributed by atoms with E-state index in [1.807, 2.05) is 18.9 Å². The summed E-state index contributed by atoms with van der Waals surface area (Å²) in [7, 11) is -1.82. The van der Waals surface area contributed by atoms with Crippen LogP contribution in [0.25, 0.3) is 0 Å². The van der Waals surface area contributed by atoms with E-state index >= 15 is 0 Å². The van der Waals surface area contributed by atoms with Crippen molar-refractivity contribution in [3.8, 4) is 11.5 Å². The molecule has 1 amide bonds. The van der Waals surface area contributed by atoms with E-state index in [-0.39, 0.29) is 10.8 Å². The molecular weight excluding hydrogens is 490 g/mol. The van der Waals surface area contributed by atoms with E-state index in [0.29, 0.717) is 63.4 Å². The second-order valence-electron chi connectivity index (χ2n) is 10.7. The highest BCUT2D eigenvalue weighted by molar-refractivity contribution is 7.89. The first-order valence-electron chi connectivity index (χ1n) is 12.9. The lowest BCUT2D eigenvalue weighted by Crippen LogP contribution is -2.50. The molecule has 1 fully saturated rings. The van der Waals surface area contributed by atoms with Gasteiger partial charge >= 0.3 is 0 Å². The number of carbonyl (C=O) groups excluding carboxylic acids is 1. The van der Waals surface area contributed by atoms with Crippen molar-refractivity contribution in [1.82, 2.24) is 14.5 Å². The normalized spacial score (nSPS) is 21.2. The molecule has 0 saturated heterocycles. The fraction of sp³-hybridized carbons (Fsp3) is 0.464. The van der Waals surface area contributed by atoms with Gasteiger partial charge in [0.25, 0.3) is 0 Å². The molecule has 3 heterocycles. The molecule has 0 spiro atoms. The molecule has 9 heteroatoms. The van der Waals surface area contributed by atoms with Gasteiger partial charge in [-0.25, -0.2) is 8.42 Å². The molecule has 1 atom stereocenters. The Bertz CT molecular complexity index is 1370. The highest BCUT2D eigenvalue weighted by Crippen LogP contribution is 2.42. The van der Waals surface area contributed by atoms with Crippen LogP contribution in [0.2, 0.25) is 0 Å². The van der Waals surface area contributed by atoms with E-state index in [2.05, 4.69) is 29.6 Å². The molecule has 2 aromatic carbocycles. The highest BCUT2D eigenvalue weighted by Gasteiger charge is 2.43. The van der Waals surface area contributed by atoms with E-state index in [9.17, 15) is 13.2 Å². The van der Waals surface area contributed by atoms with Gasteiger partial charge in [0.15, 0.2) is 11.5 Å². The van der Waals surface area contributed by atoms with Crippen LogP contribution >= 0.6 is 0 Å². The molecule has 0 aromatic heterocycles. The van der Waals surface area contributed by atoms with Crippen molar-refractivity contribution in [1.29, 1.82) is 0 Å². The Kier molecular flexibility index (Phi) is 6.05. The SMILES string of the molecule is CNC[C@@](C)(C(=O)N1CC2=C(C1)CN(S(=O)(=O)c1ccc3c(c1)OCCO3)C2)c1cccc(C2CC2)c1. The predicted octanol–water partition coefficient (Wildman–Crippen LogP) is 2.66. The molecule has 6 rings (SSSR count). The fourth-order valence-electron chi connectivity index (χ4n) is 5.75. The van der Waals surface area contributed by atoms with Gasteiger partial charge in [-0.3, -0.25) is 4.79 Å². The number of carbonyl (C=O) groups is 1. The van der Waals surface area contributed by atoms with Crippen LogP contribution < -0.4 is 14.8 Å². The highest BCUT2D eigenvalue weighted by atomic mass is 32.2. The first-order chi connectivity index (χ1) is 17.8. The van der Waals surface area contributed by atoms with Gasteiger partial charge in [0.05, 0.1) is 10.3 Å². The van der Waals surface area contributed by atoms with Gasteiger partial charge in [0, 0.05) is 38.8 Å². The number of rotatable bonds is 7. The minimum atomic E-state index is -3.70. The molecule has 4 aliphatic rings. The molecule has 0 unspecified atom stereocenters. The van der Waals surface area contributed by atoms with Crippen LogP contribution in [0.4, 0.5) is 0 Å². The Morgan fingerprint density at radius 2 is 1.70 bits per heavy atom. The van der Waals surface area contributed by atoms with Crippen LogP contribution in [0.15, 0.2) is 58.5 Å². The number of hydrogen-bond acceptors (Lipinski definition) is 6. The number of nitrogens with one attached hydrogen (secondary N) is 1. The summed E-state index contributed by atoms with van der Waals surface area (Å²) in [6.07, 6.45) is 2.43. The first-order valence-corrected chi connectivity index (χ1v) is 14.4. The van der Waals surface area contributed by atoms with Crippen LogP contribution in [0.1, 0.15) is 36.8 Å². The predicted molar refractivity (Wildman–Crippen MR) is 139 cm³/mol. The van der Waals surface area contributed by atoms with Gasteiger partial charge in [-0.1, -0.05) is 24.3 Å². The number of fused-ring (bicyclic) bond motifs is 1. The van der Waals surface area contributed by atoms with Crippen molar-refractivity contribution in [2.45, 2.75) is 36.0 Å². The third kappa shape index (κ3) is 4.32. The molecule has 37 heavy (non-hydrogen) atoms. The zero-order valence-electron chi connectivity index (χ0n) is 21.3. The quantitative estimate of drug-likeness (QED) is 0.562. The van der Waals surface area contributed by atoms with E-state index in [1.54, 1.807) is 18.2 Å². The Morgan fingerprint density at radius 1 is 1.00 bits per heavy atom. The standard InChI is InChI=1S/C28H33N3O5S/c1-28(18-29-2,23-5-3-4-20(12-23)19-6-7-19)27(32)30-14-21-16-31(17-22(21)15-30)37(33,34)24-8-9-25-26(13-24)36-11-10-35-25/h3-5,8-9,12-13,19,29H,6-7,10-11,14-18H2,1-2H3/t28-/m1/s1. The van der Waals surface area contributed by atoms with Gasteiger partial charge in [-0.15, -0.1) is 0 Å². The maximum Gasteiger partial charge on any atom is 0.243 e. The average molecular weight is 524 g/mol. The van der Waals surface area contributed by atoms with Crippen molar-refractivity contribution in [3.05, 3.63) is 64.7 Å². The van der Waals surface area contributed by atoms with Gasteiger partial charge in [0.2, 0.25) is 15.9 Å². The number of likely N-dealkylation sites (N-methyl/N-ethyl adjacent to an activating group) is 1. The monoisotopic (exact) mass is 523 g/mol. The molecule has 1 saturated carbocycles. The zero-order chi connectivity index (χ0) is 25.8. The van der Waals surface area contributed by atoms with E-state index in [1.165, 1.54) is 22.7 Å². The molecule has 8 nitrogen and oxygen atoms in total. The van der Waals surface area contributed by atoms with Crippen LogP contribution in [-0.2, 0) is 20.2 Å². The molecule has 0 radical (unpaired) electrons. The number of sulfonamides is 1. The van der Waals surface area contributed by atoms with Crippen molar-refractivity contribution in [3.63, 3.8) is 0 Å². The summed E-state index contributed by atoms with van der Waals surface area (Å²) < 4.78 is 39.4. The first kappa shape index (κ1) is 24.5. The third-order valence-corrected chi connectivity index (χ3v) is 9.80. The molecule has 1 N–H and O–H groups in total.